The predicted octanol–water partition coefficient (Wildman–Crippen LogP) is 3.34. The van der Waals surface area contributed by atoms with Crippen molar-refractivity contribution in [3.63, 3.8) is 0 Å². The number of fused-ring (bicyclic) bond motifs is 1. The lowest BCUT2D eigenvalue weighted by molar-refractivity contribution is 0.270. The van der Waals surface area contributed by atoms with Crippen molar-refractivity contribution in [2.75, 3.05) is 20.7 Å². The van der Waals surface area contributed by atoms with Crippen LogP contribution in [0.4, 0.5) is 4.39 Å². The second kappa shape index (κ2) is 6.07. The molecule has 0 aromatic heterocycles. The van der Waals surface area contributed by atoms with Crippen molar-refractivity contribution in [1.29, 1.82) is 0 Å². The molecule has 0 saturated carbocycles. The van der Waals surface area contributed by atoms with Gasteiger partial charge < -0.3 is 15.4 Å². The molecule has 0 spiro atoms. The highest BCUT2D eigenvalue weighted by molar-refractivity contribution is 5.73. The molecule has 0 aliphatic carbocycles. The van der Waals surface area contributed by atoms with E-state index in [0.29, 0.717) is 18.7 Å². The molecule has 0 amide bonds. The van der Waals surface area contributed by atoms with Crippen molar-refractivity contribution in [3.8, 4) is 16.9 Å². The van der Waals surface area contributed by atoms with Crippen LogP contribution < -0.4 is 10.5 Å². The van der Waals surface area contributed by atoms with E-state index in [2.05, 4.69) is 0 Å². The standard InChI is InChI=1S/C18H21FN2O/c1-21(2)11-13-10-12(6-7-16(13)19)14-4-3-5-15-17(20)8-9-22-18(14)15/h3-7,10,17H,8-9,11,20H2,1-2H3. The van der Waals surface area contributed by atoms with Gasteiger partial charge in [0.25, 0.3) is 0 Å². The molecule has 0 saturated heterocycles. The Balaban J connectivity index is 2.07. The monoisotopic (exact) mass is 300 g/mol. The Morgan fingerprint density at radius 3 is 2.86 bits per heavy atom. The molecule has 3 nitrogen and oxygen atoms in total. The molecule has 1 aliphatic heterocycles. The SMILES string of the molecule is CN(C)Cc1cc(-c2cccc3c2OCCC3N)ccc1F. The maximum Gasteiger partial charge on any atom is 0.131 e. The minimum atomic E-state index is -0.181. The highest BCUT2D eigenvalue weighted by atomic mass is 19.1. The molecule has 2 aromatic carbocycles. The van der Waals surface area contributed by atoms with E-state index in [1.165, 1.54) is 6.07 Å². The molecule has 1 atom stereocenters. The number of hydrogen-bond donors (Lipinski definition) is 1. The summed E-state index contributed by atoms with van der Waals surface area (Å²) >= 11 is 0. The third-order valence-electron chi connectivity index (χ3n) is 3.96. The summed E-state index contributed by atoms with van der Waals surface area (Å²) in [5.74, 6) is 0.656. The van der Waals surface area contributed by atoms with Gasteiger partial charge >= 0.3 is 0 Å². The van der Waals surface area contributed by atoms with Crippen LogP contribution in [0.3, 0.4) is 0 Å². The van der Waals surface area contributed by atoms with Crippen LogP contribution in [-0.2, 0) is 6.54 Å². The maximum absolute atomic E-state index is 14.0. The number of ether oxygens (including phenoxy) is 1. The largest absolute Gasteiger partial charge is 0.493 e. The van der Waals surface area contributed by atoms with Crippen molar-refractivity contribution in [1.82, 2.24) is 4.90 Å². The van der Waals surface area contributed by atoms with Gasteiger partial charge in [0, 0.05) is 35.7 Å². The van der Waals surface area contributed by atoms with Crippen molar-refractivity contribution < 1.29 is 9.13 Å². The van der Waals surface area contributed by atoms with Crippen LogP contribution in [0.25, 0.3) is 11.1 Å². The molecule has 0 radical (unpaired) electrons. The highest BCUT2D eigenvalue weighted by Gasteiger charge is 2.21. The quantitative estimate of drug-likeness (QED) is 0.945. The van der Waals surface area contributed by atoms with E-state index in [1.807, 2.05) is 43.3 Å². The number of rotatable bonds is 3. The lowest BCUT2D eigenvalue weighted by Gasteiger charge is -2.25. The van der Waals surface area contributed by atoms with Gasteiger partial charge in [-0.05, 0) is 31.8 Å². The van der Waals surface area contributed by atoms with Crippen LogP contribution >= 0.6 is 0 Å². The number of nitrogens with zero attached hydrogens (tertiary/aromatic N) is 1. The van der Waals surface area contributed by atoms with E-state index in [-0.39, 0.29) is 11.9 Å². The van der Waals surface area contributed by atoms with Gasteiger partial charge in [0.2, 0.25) is 0 Å². The Hall–Kier alpha value is -1.91. The van der Waals surface area contributed by atoms with E-state index in [4.69, 9.17) is 10.5 Å². The third kappa shape index (κ3) is 2.85. The van der Waals surface area contributed by atoms with Crippen LogP contribution in [0, 0.1) is 5.82 Å². The van der Waals surface area contributed by atoms with Gasteiger partial charge in [-0.3, -0.25) is 0 Å². The second-order valence-corrected chi connectivity index (χ2v) is 6.01. The molecule has 2 aromatic rings. The smallest absolute Gasteiger partial charge is 0.131 e. The molecule has 22 heavy (non-hydrogen) atoms. The number of benzene rings is 2. The van der Waals surface area contributed by atoms with Crippen molar-refractivity contribution >= 4 is 0 Å². The summed E-state index contributed by atoms with van der Waals surface area (Å²) < 4.78 is 19.8. The molecular weight excluding hydrogens is 279 g/mol. The van der Waals surface area contributed by atoms with Crippen molar-refractivity contribution in [2.24, 2.45) is 5.73 Å². The van der Waals surface area contributed by atoms with Gasteiger partial charge in [-0.1, -0.05) is 24.3 Å². The summed E-state index contributed by atoms with van der Waals surface area (Å²) in [5.41, 5.74) is 9.82. The zero-order valence-corrected chi connectivity index (χ0v) is 13.0. The van der Waals surface area contributed by atoms with E-state index >= 15 is 0 Å². The number of para-hydroxylation sites is 1. The zero-order chi connectivity index (χ0) is 15.7. The molecule has 3 rings (SSSR count). The molecule has 116 valence electrons. The maximum atomic E-state index is 14.0. The van der Waals surface area contributed by atoms with Crippen LogP contribution in [0.1, 0.15) is 23.6 Å². The van der Waals surface area contributed by atoms with E-state index < -0.39 is 0 Å². The fourth-order valence-corrected chi connectivity index (χ4v) is 2.88. The third-order valence-corrected chi connectivity index (χ3v) is 3.96. The summed E-state index contributed by atoms with van der Waals surface area (Å²) in [7, 11) is 3.86. The molecule has 2 N–H and O–H groups in total. The number of halogens is 1. The number of hydrogen-bond acceptors (Lipinski definition) is 3. The summed E-state index contributed by atoms with van der Waals surface area (Å²) in [5, 5.41) is 0. The average Bonchev–Trinajstić information content (AvgIpc) is 2.49. The molecule has 1 unspecified atom stereocenters. The zero-order valence-electron chi connectivity index (χ0n) is 13.0. The van der Waals surface area contributed by atoms with Gasteiger partial charge in [-0.2, -0.15) is 0 Å². The first kappa shape index (κ1) is 15.0. The van der Waals surface area contributed by atoms with Gasteiger partial charge in [0.15, 0.2) is 0 Å². The minimum absolute atomic E-state index is 0.00499. The van der Waals surface area contributed by atoms with Gasteiger partial charge in [-0.15, -0.1) is 0 Å². The van der Waals surface area contributed by atoms with Crippen molar-refractivity contribution in [3.05, 3.63) is 53.3 Å². The molecule has 1 heterocycles. The Kier molecular flexibility index (Phi) is 4.14. The van der Waals surface area contributed by atoms with E-state index in [0.717, 1.165) is 28.9 Å². The van der Waals surface area contributed by atoms with E-state index in [1.54, 1.807) is 6.07 Å². The lowest BCUT2D eigenvalue weighted by atomic mass is 9.94. The molecular formula is C18H21FN2O. The van der Waals surface area contributed by atoms with E-state index in [9.17, 15) is 4.39 Å². The lowest BCUT2D eigenvalue weighted by Crippen LogP contribution is -2.20. The first-order valence-corrected chi connectivity index (χ1v) is 7.51. The Bertz CT molecular complexity index is 685. The Morgan fingerprint density at radius 2 is 2.09 bits per heavy atom. The summed E-state index contributed by atoms with van der Waals surface area (Å²) in [6.07, 6.45) is 0.825. The van der Waals surface area contributed by atoms with Gasteiger partial charge in [0.05, 0.1) is 6.61 Å². The highest BCUT2D eigenvalue weighted by Crippen LogP contribution is 2.39. The second-order valence-electron chi connectivity index (χ2n) is 6.01. The first-order valence-electron chi connectivity index (χ1n) is 7.51. The summed E-state index contributed by atoms with van der Waals surface area (Å²) in [4.78, 5) is 1.95. The summed E-state index contributed by atoms with van der Waals surface area (Å²) in [6, 6.07) is 11.2. The topological polar surface area (TPSA) is 38.5 Å². The predicted molar refractivity (Wildman–Crippen MR) is 86.3 cm³/mol. The fraction of sp³-hybridized carbons (Fsp3) is 0.333. The molecule has 1 aliphatic rings. The average molecular weight is 300 g/mol. The fourth-order valence-electron chi connectivity index (χ4n) is 2.88. The van der Waals surface area contributed by atoms with Crippen LogP contribution in [-0.4, -0.2) is 25.6 Å². The van der Waals surface area contributed by atoms with Crippen LogP contribution in [0.5, 0.6) is 5.75 Å². The molecule has 4 heteroatoms. The Morgan fingerprint density at radius 1 is 1.27 bits per heavy atom. The first-order chi connectivity index (χ1) is 10.6. The summed E-state index contributed by atoms with van der Waals surface area (Å²) in [6.45, 7) is 1.19. The molecule has 0 fully saturated rings. The van der Waals surface area contributed by atoms with Gasteiger partial charge in [0.1, 0.15) is 11.6 Å². The van der Waals surface area contributed by atoms with Crippen molar-refractivity contribution in [2.45, 2.75) is 19.0 Å². The Labute approximate surface area is 130 Å². The molecule has 0 bridgehead atoms. The van der Waals surface area contributed by atoms with Crippen LogP contribution in [0.15, 0.2) is 36.4 Å². The number of nitrogens with two attached hydrogens (primary N) is 1. The van der Waals surface area contributed by atoms with Crippen LogP contribution in [0.2, 0.25) is 0 Å². The minimum Gasteiger partial charge on any atom is -0.493 e. The normalized spacial score (nSPS) is 17.2. The van der Waals surface area contributed by atoms with Gasteiger partial charge in [-0.25, -0.2) is 4.39 Å².